The first kappa shape index (κ1) is 20.9. The van der Waals surface area contributed by atoms with E-state index in [2.05, 4.69) is 22.4 Å². The fraction of sp³-hybridized carbons (Fsp3) is 0.318. The molecule has 7 heteroatoms. The molecule has 6 nitrogen and oxygen atoms in total. The molecule has 0 bridgehead atoms. The number of hydrogen-bond acceptors (Lipinski definition) is 5. The number of benzene rings is 2. The highest BCUT2D eigenvalue weighted by atomic mass is 32.2. The van der Waals surface area contributed by atoms with Crippen molar-refractivity contribution >= 4 is 23.4 Å². The first-order valence-corrected chi connectivity index (χ1v) is 10.6. The molecule has 152 valence electrons. The maximum atomic E-state index is 12.3. The highest BCUT2D eigenvalue weighted by Gasteiger charge is 2.13. The summed E-state index contributed by atoms with van der Waals surface area (Å²) < 4.78 is 7.83. The number of rotatable bonds is 8. The SMILES string of the molecule is CCc1ccccc1NC(=O)CSc1nnc(COc2c(C)cccc2C)n1C. The van der Waals surface area contributed by atoms with Crippen molar-refractivity contribution in [3.05, 3.63) is 65.0 Å². The van der Waals surface area contributed by atoms with Crippen LogP contribution in [0.2, 0.25) is 0 Å². The van der Waals surface area contributed by atoms with Crippen LogP contribution < -0.4 is 10.1 Å². The van der Waals surface area contributed by atoms with E-state index in [0.717, 1.165) is 34.5 Å². The predicted octanol–water partition coefficient (Wildman–Crippen LogP) is 4.30. The molecule has 29 heavy (non-hydrogen) atoms. The Morgan fingerprint density at radius 2 is 1.83 bits per heavy atom. The Hall–Kier alpha value is -2.80. The molecule has 0 aliphatic rings. The number of aryl methyl sites for hydroxylation is 3. The van der Waals surface area contributed by atoms with Gasteiger partial charge < -0.3 is 14.6 Å². The van der Waals surface area contributed by atoms with Crippen LogP contribution in [0.1, 0.15) is 29.4 Å². The second-order valence-electron chi connectivity index (χ2n) is 6.81. The van der Waals surface area contributed by atoms with Gasteiger partial charge in [-0.15, -0.1) is 10.2 Å². The van der Waals surface area contributed by atoms with Gasteiger partial charge in [-0.2, -0.15) is 0 Å². The molecule has 0 fully saturated rings. The van der Waals surface area contributed by atoms with Crippen molar-refractivity contribution in [2.24, 2.45) is 7.05 Å². The highest BCUT2D eigenvalue weighted by Crippen LogP contribution is 2.24. The zero-order valence-corrected chi connectivity index (χ0v) is 18.0. The van der Waals surface area contributed by atoms with Gasteiger partial charge in [0.2, 0.25) is 5.91 Å². The van der Waals surface area contributed by atoms with Gasteiger partial charge in [0.1, 0.15) is 12.4 Å². The number of amides is 1. The lowest BCUT2D eigenvalue weighted by molar-refractivity contribution is -0.113. The summed E-state index contributed by atoms with van der Waals surface area (Å²) in [6.45, 7) is 6.44. The minimum absolute atomic E-state index is 0.0627. The van der Waals surface area contributed by atoms with E-state index in [4.69, 9.17) is 4.74 Å². The molecule has 0 saturated carbocycles. The van der Waals surface area contributed by atoms with Crippen LogP contribution in [0.25, 0.3) is 0 Å². The Morgan fingerprint density at radius 3 is 2.55 bits per heavy atom. The third-order valence-corrected chi connectivity index (χ3v) is 5.70. The minimum Gasteiger partial charge on any atom is -0.485 e. The van der Waals surface area contributed by atoms with E-state index >= 15 is 0 Å². The summed E-state index contributed by atoms with van der Waals surface area (Å²) in [5.41, 5.74) is 4.16. The van der Waals surface area contributed by atoms with Crippen LogP contribution in [-0.4, -0.2) is 26.4 Å². The molecule has 3 aromatic rings. The second-order valence-corrected chi connectivity index (χ2v) is 7.76. The first-order valence-electron chi connectivity index (χ1n) is 9.57. The topological polar surface area (TPSA) is 69.0 Å². The van der Waals surface area contributed by atoms with Gasteiger partial charge in [-0.05, 0) is 43.0 Å². The van der Waals surface area contributed by atoms with Crippen molar-refractivity contribution in [3.63, 3.8) is 0 Å². The molecule has 0 aliphatic heterocycles. The van der Waals surface area contributed by atoms with Crippen LogP contribution in [0.5, 0.6) is 5.75 Å². The zero-order chi connectivity index (χ0) is 20.8. The molecular formula is C22H26N4O2S. The van der Waals surface area contributed by atoms with Gasteiger partial charge in [0, 0.05) is 12.7 Å². The van der Waals surface area contributed by atoms with Crippen molar-refractivity contribution in [3.8, 4) is 5.75 Å². The van der Waals surface area contributed by atoms with Gasteiger partial charge in [-0.1, -0.05) is 55.1 Å². The van der Waals surface area contributed by atoms with Crippen LogP contribution in [0.15, 0.2) is 47.6 Å². The van der Waals surface area contributed by atoms with Crippen molar-refractivity contribution < 1.29 is 9.53 Å². The van der Waals surface area contributed by atoms with Crippen LogP contribution in [0.4, 0.5) is 5.69 Å². The summed E-state index contributed by atoms with van der Waals surface area (Å²) in [4.78, 5) is 12.3. The van der Waals surface area contributed by atoms with E-state index in [9.17, 15) is 4.79 Å². The zero-order valence-electron chi connectivity index (χ0n) is 17.2. The monoisotopic (exact) mass is 410 g/mol. The summed E-state index contributed by atoms with van der Waals surface area (Å²) in [7, 11) is 1.88. The number of hydrogen-bond donors (Lipinski definition) is 1. The number of nitrogens with one attached hydrogen (secondary N) is 1. The summed E-state index contributed by atoms with van der Waals surface area (Å²) in [5, 5.41) is 12.1. The van der Waals surface area contributed by atoms with Gasteiger partial charge in [0.15, 0.2) is 11.0 Å². The number of anilines is 1. The number of nitrogens with zero attached hydrogens (tertiary/aromatic N) is 3. The van der Waals surface area contributed by atoms with Crippen LogP contribution in [0, 0.1) is 13.8 Å². The van der Waals surface area contributed by atoms with Crippen molar-refractivity contribution in [2.45, 2.75) is 39.0 Å². The second kappa shape index (κ2) is 9.60. The quantitative estimate of drug-likeness (QED) is 0.561. The van der Waals surface area contributed by atoms with E-state index in [1.165, 1.54) is 11.8 Å². The standard InChI is InChI=1S/C22H26N4O2S/c1-5-17-11-6-7-12-18(17)23-20(27)14-29-22-25-24-19(26(22)4)13-28-21-15(2)9-8-10-16(21)3/h6-12H,5,13-14H2,1-4H3,(H,23,27). The van der Waals surface area contributed by atoms with Crippen LogP contribution in [0.3, 0.4) is 0 Å². The Labute approximate surface area is 175 Å². The molecule has 0 radical (unpaired) electrons. The molecule has 0 unspecified atom stereocenters. The minimum atomic E-state index is -0.0627. The molecule has 0 spiro atoms. The molecule has 0 atom stereocenters. The van der Waals surface area contributed by atoms with Crippen LogP contribution in [-0.2, 0) is 24.9 Å². The van der Waals surface area contributed by atoms with E-state index in [-0.39, 0.29) is 11.7 Å². The van der Waals surface area contributed by atoms with Crippen LogP contribution >= 0.6 is 11.8 Å². The van der Waals surface area contributed by atoms with Gasteiger partial charge in [0.05, 0.1) is 5.75 Å². The van der Waals surface area contributed by atoms with E-state index in [0.29, 0.717) is 17.6 Å². The molecule has 2 aromatic carbocycles. The lowest BCUT2D eigenvalue weighted by atomic mass is 10.1. The summed E-state index contributed by atoms with van der Waals surface area (Å²) in [6, 6.07) is 13.9. The van der Waals surface area contributed by atoms with Gasteiger partial charge in [0.25, 0.3) is 0 Å². The average molecular weight is 411 g/mol. The smallest absolute Gasteiger partial charge is 0.234 e. The van der Waals surface area contributed by atoms with E-state index in [1.54, 1.807) is 0 Å². The molecule has 1 amide bonds. The molecule has 0 aliphatic carbocycles. The Morgan fingerprint density at radius 1 is 1.10 bits per heavy atom. The van der Waals surface area contributed by atoms with E-state index in [1.807, 2.05) is 67.9 Å². The molecule has 1 N–H and O–H groups in total. The number of thioether (sulfide) groups is 1. The summed E-state index contributed by atoms with van der Waals surface area (Å²) in [5.74, 6) is 1.79. The maximum Gasteiger partial charge on any atom is 0.234 e. The number of para-hydroxylation sites is 2. The van der Waals surface area contributed by atoms with E-state index < -0.39 is 0 Å². The third-order valence-electron chi connectivity index (χ3n) is 4.68. The lowest BCUT2D eigenvalue weighted by Crippen LogP contribution is -2.15. The molecule has 3 rings (SSSR count). The average Bonchev–Trinajstić information content (AvgIpc) is 3.06. The predicted molar refractivity (Wildman–Crippen MR) is 116 cm³/mol. The highest BCUT2D eigenvalue weighted by molar-refractivity contribution is 7.99. The van der Waals surface area contributed by atoms with Crippen molar-refractivity contribution in [2.75, 3.05) is 11.1 Å². The number of carbonyl (C=O) groups excluding carboxylic acids is 1. The summed E-state index contributed by atoms with van der Waals surface area (Å²) >= 11 is 1.36. The van der Waals surface area contributed by atoms with Crippen molar-refractivity contribution in [1.82, 2.24) is 14.8 Å². The molecule has 1 aromatic heterocycles. The Bertz CT molecular complexity index is 980. The first-order chi connectivity index (χ1) is 14.0. The maximum absolute atomic E-state index is 12.3. The molecule has 1 heterocycles. The van der Waals surface area contributed by atoms with Gasteiger partial charge >= 0.3 is 0 Å². The number of ether oxygens (including phenoxy) is 1. The molecule has 0 saturated heterocycles. The van der Waals surface area contributed by atoms with Crippen molar-refractivity contribution in [1.29, 1.82) is 0 Å². The number of aromatic nitrogens is 3. The number of carbonyl (C=O) groups is 1. The summed E-state index contributed by atoms with van der Waals surface area (Å²) in [6.07, 6.45) is 0.872. The Kier molecular flexibility index (Phi) is 6.93. The third kappa shape index (κ3) is 5.17. The fourth-order valence-electron chi connectivity index (χ4n) is 3.03. The van der Waals surface area contributed by atoms with Gasteiger partial charge in [-0.25, -0.2) is 0 Å². The lowest BCUT2D eigenvalue weighted by Gasteiger charge is -2.11. The normalized spacial score (nSPS) is 10.8. The molecular weight excluding hydrogens is 384 g/mol. The Balaban J connectivity index is 1.57. The van der Waals surface area contributed by atoms with Gasteiger partial charge in [-0.3, -0.25) is 4.79 Å². The largest absolute Gasteiger partial charge is 0.485 e. The fourth-order valence-corrected chi connectivity index (χ4v) is 3.76.